The van der Waals surface area contributed by atoms with Crippen LogP contribution >= 0.6 is 0 Å². The van der Waals surface area contributed by atoms with Crippen LogP contribution in [-0.4, -0.2) is 5.11 Å². The first-order chi connectivity index (χ1) is 9.61. The molecule has 2 aliphatic rings. The number of benzene rings is 1. The molecule has 1 N–H and O–H groups in total. The minimum Gasteiger partial charge on any atom is -0.385 e. The van der Waals surface area contributed by atoms with Gasteiger partial charge in [0.1, 0.15) is 0 Å². The fraction of sp³-hybridized carbons (Fsp3) is 0.684. The highest BCUT2D eigenvalue weighted by atomic mass is 16.3. The molecule has 0 bridgehead atoms. The fourth-order valence-corrected chi connectivity index (χ4v) is 4.23. The van der Waals surface area contributed by atoms with Gasteiger partial charge < -0.3 is 5.11 Å². The average molecular weight is 272 g/mol. The molecule has 3 rings (SSSR count). The number of hydrogen-bond acceptors (Lipinski definition) is 1. The molecule has 2 atom stereocenters. The van der Waals surface area contributed by atoms with Gasteiger partial charge in [-0.1, -0.05) is 57.4 Å². The minimum absolute atomic E-state index is 0.410. The third-order valence-corrected chi connectivity index (χ3v) is 5.70. The lowest BCUT2D eigenvalue weighted by Crippen LogP contribution is -2.40. The fourth-order valence-electron chi connectivity index (χ4n) is 4.23. The van der Waals surface area contributed by atoms with Crippen molar-refractivity contribution >= 4 is 0 Å². The lowest BCUT2D eigenvalue weighted by molar-refractivity contribution is -0.0722. The molecule has 1 heteroatoms. The van der Waals surface area contributed by atoms with E-state index in [4.69, 9.17) is 0 Å². The van der Waals surface area contributed by atoms with E-state index < -0.39 is 5.60 Å². The molecular formula is C19H28O. The maximum Gasteiger partial charge on any atom is 0.0927 e. The molecule has 1 aromatic carbocycles. The molecule has 110 valence electrons. The van der Waals surface area contributed by atoms with Gasteiger partial charge in [0.15, 0.2) is 0 Å². The van der Waals surface area contributed by atoms with E-state index in [0.29, 0.717) is 11.8 Å². The molecule has 0 saturated heterocycles. The Bertz CT molecular complexity index is 461. The summed E-state index contributed by atoms with van der Waals surface area (Å²) in [7, 11) is 0. The Morgan fingerprint density at radius 2 is 1.90 bits per heavy atom. The van der Waals surface area contributed by atoms with Gasteiger partial charge in [-0.15, -0.1) is 0 Å². The molecule has 2 unspecified atom stereocenters. The van der Waals surface area contributed by atoms with Crippen LogP contribution in [-0.2, 0) is 5.60 Å². The second-order valence-electron chi connectivity index (χ2n) is 7.27. The molecule has 0 amide bonds. The van der Waals surface area contributed by atoms with Crippen molar-refractivity contribution < 1.29 is 5.11 Å². The van der Waals surface area contributed by atoms with Gasteiger partial charge in [-0.25, -0.2) is 0 Å². The SMILES string of the molecule is CC(C)C1CCCCC1(O)c1cccc(C2CCC2)c1. The second-order valence-corrected chi connectivity index (χ2v) is 7.27. The summed E-state index contributed by atoms with van der Waals surface area (Å²) in [6.45, 7) is 4.52. The molecule has 2 fully saturated rings. The predicted octanol–water partition coefficient (Wildman–Crippen LogP) is 4.99. The normalized spacial score (nSPS) is 31.3. The van der Waals surface area contributed by atoms with Crippen molar-refractivity contribution in [1.82, 2.24) is 0 Å². The van der Waals surface area contributed by atoms with Crippen LogP contribution in [0.2, 0.25) is 0 Å². The Labute approximate surface area is 123 Å². The third-order valence-electron chi connectivity index (χ3n) is 5.70. The molecule has 2 saturated carbocycles. The number of aliphatic hydroxyl groups is 1. The van der Waals surface area contributed by atoms with Crippen molar-refractivity contribution in [3.05, 3.63) is 35.4 Å². The van der Waals surface area contributed by atoms with Crippen molar-refractivity contribution in [3.8, 4) is 0 Å². The summed E-state index contributed by atoms with van der Waals surface area (Å²) in [6.07, 6.45) is 8.56. The largest absolute Gasteiger partial charge is 0.385 e. The monoisotopic (exact) mass is 272 g/mol. The molecule has 0 aliphatic heterocycles. The van der Waals surface area contributed by atoms with E-state index in [0.717, 1.165) is 18.8 Å². The maximum absolute atomic E-state index is 11.4. The average Bonchev–Trinajstić information content (AvgIpc) is 2.37. The molecule has 20 heavy (non-hydrogen) atoms. The van der Waals surface area contributed by atoms with Gasteiger partial charge in [-0.05, 0) is 54.6 Å². The Morgan fingerprint density at radius 1 is 1.10 bits per heavy atom. The highest BCUT2D eigenvalue weighted by molar-refractivity contribution is 5.32. The summed E-state index contributed by atoms with van der Waals surface area (Å²) in [5.41, 5.74) is 2.04. The molecule has 0 aromatic heterocycles. The first-order valence-corrected chi connectivity index (χ1v) is 8.44. The molecule has 2 aliphatic carbocycles. The first kappa shape index (κ1) is 14.1. The third kappa shape index (κ3) is 2.41. The van der Waals surface area contributed by atoms with Gasteiger partial charge in [0, 0.05) is 0 Å². The van der Waals surface area contributed by atoms with Crippen molar-refractivity contribution in [2.24, 2.45) is 11.8 Å². The van der Waals surface area contributed by atoms with Crippen molar-refractivity contribution in [3.63, 3.8) is 0 Å². The second kappa shape index (κ2) is 5.52. The molecule has 0 radical (unpaired) electrons. The van der Waals surface area contributed by atoms with Crippen molar-refractivity contribution in [1.29, 1.82) is 0 Å². The van der Waals surface area contributed by atoms with Crippen LogP contribution in [0.1, 0.15) is 75.8 Å². The lowest BCUT2D eigenvalue weighted by Gasteiger charge is -2.43. The van der Waals surface area contributed by atoms with Crippen LogP contribution in [0.25, 0.3) is 0 Å². The summed E-state index contributed by atoms with van der Waals surface area (Å²) < 4.78 is 0. The van der Waals surface area contributed by atoms with E-state index >= 15 is 0 Å². The summed E-state index contributed by atoms with van der Waals surface area (Å²) in [5.74, 6) is 1.71. The Kier molecular flexibility index (Phi) is 3.90. The molecule has 0 spiro atoms. The van der Waals surface area contributed by atoms with Crippen LogP contribution in [0.4, 0.5) is 0 Å². The van der Waals surface area contributed by atoms with Crippen molar-refractivity contribution in [2.75, 3.05) is 0 Å². The number of rotatable bonds is 3. The highest BCUT2D eigenvalue weighted by Gasteiger charge is 2.42. The molecule has 1 nitrogen and oxygen atoms in total. The van der Waals surface area contributed by atoms with Crippen LogP contribution in [0.3, 0.4) is 0 Å². The zero-order chi connectivity index (χ0) is 14.2. The Balaban J connectivity index is 1.92. The topological polar surface area (TPSA) is 20.2 Å². The maximum atomic E-state index is 11.4. The smallest absolute Gasteiger partial charge is 0.0927 e. The van der Waals surface area contributed by atoms with Gasteiger partial charge in [0.25, 0.3) is 0 Å². The molecule has 0 heterocycles. The van der Waals surface area contributed by atoms with E-state index in [2.05, 4.69) is 38.1 Å². The predicted molar refractivity (Wildman–Crippen MR) is 83.7 cm³/mol. The number of hydrogen-bond donors (Lipinski definition) is 1. The Hall–Kier alpha value is -0.820. The van der Waals surface area contributed by atoms with Gasteiger partial charge in [0.05, 0.1) is 5.60 Å². The minimum atomic E-state index is -0.591. The summed E-state index contributed by atoms with van der Waals surface area (Å²) >= 11 is 0. The summed E-state index contributed by atoms with van der Waals surface area (Å²) in [4.78, 5) is 0. The Morgan fingerprint density at radius 3 is 2.55 bits per heavy atom. The van der Waals surface area contributed by atoms with Crippen molar-refractivity contribution in [2.45, 2.75) is 70.3 Å². The van der Waals surface area contributed by atoms with Gasteiger partial charge >= 0.3 is 0 Å². The van der Waals surface area contributed by atoms with Crippen LogP contribution in [0, 0.1) is 11.8 Å². The standard InChI is InChI=1S/C19H28O/c1-14(2)18-11-3-4-12-19(18,20)17-10-6-9-16(13-17)15-7-5-8-15/h6,9-10,13-15,18,20H,3-5,7-8,11-12H2,1-2H3. The molecular weight excluding hydrogens is 244 g/mol. The van der Waals surface area contributed by atoms with Gasteiger partial charge in [0.2, 0.25) is 0 Å². The highest BCUT2D eigenvalue weighted by Crippen LogP contribution is 2.46. The quantitative estimate of drug-likeness (QED) is 0.822. The van der Waals surface area contributed by atoms with Crippen LogP contribution in [0.15, 0.2) is 24.3 Å². The zero-order valence-electron chi connectivity index (χ0n) is 12.9. The zero-order valence-corrected chi connectivity index (χ0v) is 12.9. The first-order valence-electron chi connectivity index (χ1n) is 8.44. The van der Waals surface area contributed by atoms with Crippen LogP contribution in [0.5, 0.6) is 0 Å². The van der Waals surface area contributed by atoms with E-state index in [-0.39, 0.29) is 0 Å². The molecule has 1 aromatic rings. The van der Waals surface area contributed by atoms with E-state index in [1.54, 1.807) is 0 Å². The summed E-state index contributed by atoms with van der Waals surface area (Å²) in [6, 6.07) is 8.88. The van der Waals surface area contributed by atoms with E-state index in [9.17, 15) is 5.11 Å². The van der Waals surface area contributed by atoms with Gasteiger partial charge in [-0.2, -0.15) is 0 Å². The van der Waals surface area contributed by atoms with E-state index in [1.165, 1.54) is 43.2 Å². The van der Waals surface area contributed by atoms with E-state index in [1.807, 2.05) is 0 Å². The lowest BCUT2D eigenvalue weighted by atomic mass is 9.66. The van der Waals surface area contributed by atoms with Crippen LogP contribution < -0.4 is 0 Å². The van der Waals surface area contributed by atoms with Gasteiger partial charge in [-0.3, -0.25) is 0 Å². The summed E-state index contributed by atoms with van der Waals surface area (Å²) in [5, 5.41) is 11.4.